The lowest BCUT2D eigenvalue weighted by atomic mass is 10.1. The van der Waals surface area contributed by atoms with Gasteiger partial charge in [-0.2, -0.15) is 0 Å². The summed E-state index contributed by atoms with van der Waals surface area (Å²) in [6.07, 6.45) is 5.03. The molecule has 0 saturated heterocycles. The summed E-state index contributed by atoms with van der Waals surface area (Å²) in [7, 11) is 0. The number of aromatic nitrogens is 1. The third-order valence-corrected chi connectivity index (χ3v) is 3.47. The van der Waals surface area contributed by atoms with Gasteiger partial charge < -0.3 is 14.4 Å². The molecule has 1 heterocycles. The highest BCUT2D eigenvalue weighted by Crippen LogP contribution is 2.27. The number of hydrogen-bond acceptors (Lipinski definition) is 4. The maximum absolute atomic E-state index is 10.8. The number of aromatic carboxylic acids is 1. The summed E-state index contributed by atoms with van der Waals surface area (Å²) in [5.74, 6) is 0.176. The number of hydrogen-bond donors (Lipinski definition) is 1. The SMILES string of the molecule is O=C(O)c1cc(-c2ccc(OC3CCCC3)cc2)on1. The number of carboxylic acids is 1. The first-order valence-electron chi connectivity index (χ1n) is 6.69. The minimum absolute atomic E-state index is 0.0914. The van der Waals surface area contributed by atoms with Crippen molar-refractivity contribution in [3.63, 3.8) is 0 Å². The molecular formula is C15H15NO4. The fourth-order valence-corrected chi connectivity index (χ4v) is 2.41. The summed E-state index contributed by atoms with van der Waals surface area (Å²) in [5, 5.41) is 12.3. The molecular weight excluding hydrogens is 258 g/mol. The van der Waals surface area contributed by atoms with Gasteiger partial charge in [0, 0.05) is 11.6 Å². The highest BCUT2D eigenvalue weighted by molar-refractivity contribution is 5.86. The Bertz CT molecular complexity index is 597. The molecule has 3 rings (SSSR count). The minimum Gasteiger partial charge on any atom is -0.490 e. The van der Waals surface area contributed by atoms with Gasteiger partial charge in [-0.05, 0) is 49.9 Å². The second-order valence-electron chi connectivity index (χ2n) is 4.93. The predicted octanol–water partition coefficient (Wildman–Crippen LogP) is 3.36. The van der Waals surface area contributed by atoms with Crippen LogP contribution in [0.1, 0.15) is 36.2 Å². The van der Waals surface area contributed by atoms with Crippen molar-refractivity contribution in [3.05, 3.63) is 36.0 Å². The minimum atomic E-state index is -1.10. The lowest BCUT2D eigenvalue weighted by molar-refractivity contribution is 0.0686. The Morgan fingerprint density at radius 1 is 1.25 bits per heavy atom. The predicted molar refractivity (Wildman–Crippen MR) is 71.8 cm³/mol. The topological polar surface area (TPSA) is 72.6 Å². The maximum Gasteiger partial charge on any atom is 0.358 e. The number of ether oxygens (including phenoxy) is 1. The van der Waals surface area contributed by atoms with Crippen molar-refractivity contribution in [1.82, 2.24) is 5.16 Å². The molecule has 1 aliphatic rings. The second kappa shape index (κ2) is 5.36. The fraction of sp³-hybridized carbons (Fsp3) is 0.333. The number of carboxylic acid groups (broad SMARTS) is 1. The van der Waals surface area contributed by atoms with Crippen LogP contribution in [0.2, 0.25) is 0 Å². The van der Waals surface area contributed by atoms with E-state index in [1.165, 1.54) is 18.9 Å². The van der Waals surface area contributed by atoms with Gasteiger partial charge in [-0.1, -0.05) is 5.16 Å². The van der Waals surface area contributed by atoms with Crippen molar-refractivity contribution in [1.29, 1.82) is 0 Å². The van der Waals surface area contributed by atoms with E-state index in [0.29, 0.717) is 11.9 Å². The Kier molecular flexibility index (Phi) is 3.41. The van der Waals surface area contributed by atoms with Gasteiger partial charge in [0.25, 0.3) is 0 Å². The van der Waals surface area contributed by atoms with Gasteiger partial charge in [-0.25, -0.2) is 4.79 Å². The van der Waals surface area contributed by atoms with Crippen molar-refractivity contribution >= 4 is 5.97 Å². The molecule has 1 fully saturated rings. The number of nitrogens with zero attached hydrogens (tertiary/aromatic N) is 1. The van der Waals surface area contributed by atoms with E-state index in [1.54, 1.807) is 0 Å². The lowest BCUT2D eigenvalue weighted by Crippen LogP contribution is -2.10. The normalized spacial score (nSPS) is 15.4. The summed E-state index contributed by atoms with van der Waals surface area (Å²) in [5.41, 5.74) is 0.690. The molecule has 0 unspecified atom stereocenters. The van der Waals surface area contributed by atoms with Crippen LogP contribution in [-0.2, 0) is 0 Å². The molecule has 5 heteroatoms. The first-order valence-corrected chi connectivity index (χ1v) is 6.69. The summed E-state index contributed by atoms with van der Waals surface area (Å²) in [6.45, 7) is 0. The van der Waals surface area contributed by atoms with Gasteiger partial charge >= 0.3 is 5.97 Å². The highest BCUT2D eigenvalue weighted by atomic mass is 16.5. The molecule has 0 atom stereocenters. The molecule has 5 nitrogen and oxygen atoms in total. The molecule has 20 heavy (non-hydrogen) atoms. The molecule has 0 spiro atoms. The van der Waals surface area contributed by atoms with Crippen molar-refractivity contribution in [2.24, 2.45) is 0 Å². The average molecular weight is 273 g/mol. The molecule has 0 aliphatic heterocycles. The zero-order valence-electron chi connectivity index (χ0n) is 10.9. The van der Waals surface area contributed by atoms with Crippen LogP contribution >= 0.6 is 0 Å². The lowest BCUT2D eigenvalue weighted by Gasteiger charge is -2.12. The van der Waals surface area contributed by atoms with Gasteiger partial charge in [0.05, 0.1) is 6.10 Å². The Labute approximate surface area is 116 Å². The zero-order chi connectivity index (χ0) is 13.9. The molecule has 0 bridgehead atoms. The average Bonchev–Trinajstić information content (AvgIpc) is 3.10. The molecule has 1 aliphatic carbocycles. The van der Waals surface area contributed by atoms with Crippen molar-refractivity contribution in [3.8, 4) is 17.1 Å². The molecule has 1 saturated carbocycles. The standard InChI is InChI=1S/C15H15NO4/c17-15(18)13-9-14(20-16-13)10-5-7-12(8-6-10)19-11-3-1-2-4-11/h5-9,11H,1-4H2,(H,17,18). The van der Waals surface area contributed by atoms with E-state index in [0.717, 1.165) is 24.2 Å². The first-order chi connectivity index (χ1) is 9.72. The van der Waals surface area contributed by atoms with Gasteiger partial charge in [0.1, 0.15) is 5.75 Å². The largest absolute Gasteiger partial charge is 0.490 e. The highest BCUT2D eigenvalue weighted by Gasteiger charge is 2.17. The molecule has 104 valence electrons. The fourth-order valence-electron chi connectivity index (χ4n) is 2.41. The van der Waals surface area contributed by atoms with Crippen LogP contribution in [0.4, 0.5) is 0 Å². The second-order valence-corrected chi connectivity index (χ2v) is 4.93. The van der Waals surface area contributed by atoms with Crippen molar-refractivity contribution in [2.45, 2.75) is 31.8 Å². The van der Waals surface area contributed by atoms with E-state index in [4.69, 9.17) is 14.4 Å². The van der Waals surface area contributed by atoms with Crippen molar-refractivity contribution in [2.75, 3.05) is 0 Å². The smallest absolute Gasteiger partial charge is 0.358 e. The first kappa shape index (κ1) is 12.7. The molecule has 1 N–H and O–H groups in total. The molecule has 0 amide bonds. The summed E-state index contributed by atoms with van der Waals surface area (Å²) >= 11 is 0. The van der Waals surface area contributed by atoms with Gasteiger partial charge in [-0.15, -0.1) is 0 Å². The number of rotatable bonds is 4. The van der Waals surface area contributed by atoms with Crippen LogP contribution in [0.15, 0.2) is 34.9 Å². The van der Waals surface area contributed by atoms with E-state index < -0.39 is 5.97 Å². The van der Waals surface area contributed by atoms with Gasteiger partial charge in [0.15, 0.2) is 11.5 Å². The summed E-state index contributed by atoms with van der Waals surface area (Å²) in [4.78, 5) is 10.8. The Morgan fingerprint density at radius 3 is 2.55 bits per heavy atom. The molecule has 1 aromatic carbocycles. The van der Waals surface area contributed by atoms with Crippen LogP contribution in [0.25, 0.3) is 11.3 Å². The molecule has 2 aromatic rings. The maximum atomic E-state index is 10.8. The van der Waals surface area contributed by atoms with Gasteiger partial charge in [-0.3, -0.25) is 0 Å². The summed E-state index contributed by atoms with van der Waals surface area (Å²) in [6, 6.07) is 8.84. The Morgan fingerprint density at radius 2 is 1.95 bits per heavy atom. The van der Waals surface area contributed by atoms with Crippen molar-refractivity contribution < 1.29 is 19.2 Å². The quantitative estimate of drug-likeness (QED) is 0.924. The van der Waals surface area contributed by atoms with Crippen LogP contribution in [0.3, 0.4) is 0 Å². The van der Waals surface area contributed by atoms with E-state index >= 15 is 0 Å². The third-order valence-electron chi connectivity index (χ3n) is 3.47. The Hall–Kier alpha value is -2.30. The van der Waals surface area contributed by atoms with Crippen LogP contribution in [0.5, 0.6) is 5.75 Å². The molecule has 0 radical (unpaired) electrons. The van der Waals surface area contributed by atoms with Gasteiger partial charge in [0.2, 0.25) is 0 Å². The summed E-state index contributed by atoms with van der Waals surface area (Å²) < 4.78 is 10.9. The van der Waals surface area contributed by atoms with Crippen LogP contribution in [0, 0.1) is 0 Å². The van der Waals surface area contributed by atoms with E-state index in [-0.39, 0.29) is 5.69 Å². The van der Waals surface area contributed by atoms with E-state index in [9.17, 15) is 4.79 Å². The van der Waals surface area contributed by atoms with E-state index in [1.807, 2.05) is 24.3 Å². The number of benzene rings is 1. The van der Waals surface area contributed by atoms with E-state index in [2.05, 4.69) is 5.16 Å². The zero-order valence-corrected chi connectivity index (χ0v) is 10.9. The number of carbonyl (C=O) groups is 1. The van der Waals surface area contributed by atoms with Crippen LogP contribution in [-0.4, -0.2) is 22.3 Å². The molecule has 1 aromatic heterocycles. The third kappa shape index (κ3) is 2.66. The van der Waals surface area contributed by atoms with Crippen LogP contribution < -0.4 is 4.74 Å². The Balaban J connectivity index is 1.72. The monoisotopic (exact) mass is 273 g/mol.